The number of anilines is 1. The third kappa shape index (κ3) is 2.88. The minimum Gasteiger partial charge on any atom is -0.360 e. The zero-order valence-electron chi connectivity index (χ0n) is 9.51. The Labute approximate surface area is 104 Å². The van der Waals surface area contributed by atoms with Crippen LogP contribution in [-0.2, 0) is 0 Å². The lowest BCUT2D eigenvalue weighted by Gasteiger charge is -1.96. The van der Waals surface area contributed by atoms with Gasteiger partial charge in [-0.3, -0.25) is 4.79 Å². The first kappa shape index (κ1) is 11.7. The van der Waals surface area contributed by atoms with E-state index in [0.29, 0.717) is 5.56 Å². The fraction of sp³-hybridized carbons (Fsp3) is 0.250. The van der Waals surface area contributed by atoms with Gasteiger partial charge in [0.15, 0.2) is 0 Å². The smallest absolute Gasteiger partial charge is 0.206 e. The highest BCUT2D eigenvalue weighted by molar-refractivity contribution is 7.18. The van der Waals surface area contributed by atoms with Crippen LogP contribution in [0.3, 0.4) is 0 Å². The number of aldehydes is 1. The van der Waals surface area contributed by atoms with Crippen molar-refractivity contribution in [2.45, 2.75) is 13.3 Å². The first-order valence-corrected chi connectivity index (χ1v) is 6.28. The van der Waals surface area contributed by atoms with E-state index in [1.807, 2.05) is 12.1 Å². The van der Waals surface area contributed by atoms with E-state index in [1.165, 1.54) is 11.3 Å². The summed E-state index contributed by atoms with van der Waals surface area (Å²) in [6.07, 6.45) is 1.89. The van der Waals surface area contributed by atoms with Crippen molar-refractivity contribution < 1.29 is 4.79 Å². The van der Waals surface area contributed by atoms with Crippen LogP contribution < -0.4 is 5.32 Å². The molecule has 1 N–H and O–H groups in total. The summed E-state index contributed by atoms with van der Waals surface area (Å²) in [7, 11) is 0. The van der Waals surface area contributed by atoms with Crippen LogP contribution in [0.1, 0.15) is 23.7 Å². The number of nitrogens with zero attached hydrogens (tertiary/aromatic N) is 2. The molecule has 0 spiro atoms. The zero-order chi connectivity index (χ0) is 12.1. The molecule has 0 radical (unpaired) electrons. The summed E-state index contributed by atoms with van der Waals surface area (Å²) in [6.45, 7) is 3.01. The van der Waals surface area contributed by atoms with Crippen LogP contribution in [0.2, 0.25) is 0 Å². The third-order valence-corrected chi connectivity index (χ3v) is 3.17. The average Bonchev–Trinajstić information content (AvgIpc) is 2.85. The number of aromatic nitrogens is 2. The third-order valence-electron chi connectivity index (χ3n) is 2.24. The van der Waals surface area contributed by atoms with Gasteiger partial charge in [-0.25, -0.2) is 0 Å². The molecule has 0 fully saturated rings. The van der Waals surface area contributed by atoms with Crippen LogP contribution in [0.25, 0.3) is 10.6 Å². The van der Waals surface area contributed by atoms with Gasteiger partial charge in [0.05, 0.1) is 0 Å². The van der Waals surface area contributed by atoms with E-state index in [-0.39, 0.29) is 0 Å². The number of carbonyl (C=O) groups is 1. The van der Waals surface area contributed by atoms with Gasteiger partial charge in [-0.2, -0.15) is 0 Å². The van der Waals surface area contributed by atoms with E-state index in [9.17, 15) is 4.79 Å². The molecule has 1 aromatic heterocycles. The summed E-state index contributed by atoms with van der Waals surface area (Å²) in [5, 5.41) is 13.1. The van der Waals surface area contributed by atoms with Crippen molar-refractivity contribution in [3.05, 3.63) is 29.8 Å². The van der Waals surface area contributed by atoms with Gasteiger partial charge in [0.25, 0.3) is 0 Å². The van der Waals surface area contributed by atoms with Gasteiger partial charge in [0.2, 0.25) is 5.13 Å². The molecule has 0 saturated carbocycles. The fourth-order valence-corrected chi connectivity index (χ4v) is 2.12. The molecule has 2 aromatic rings. The predicted octanol–water partition coefficient (Wildman–Crippen LogP) is 2.84. The van der Waals surface area contributed by atoms with Gasteiger partial charge in [-0.15, -0.1) is 10.2 Å². The van der Waals surface area contributed by atoms with Crippen LogP contribution in [0, 0.1) is 0 Å². The molecule has 17 heavy (non-hydrogen) atoms. The van der Waals surface area contributed by atoms with Gasteiger partial charge in [0, 0.05) is 17.7 Å². The van der Waals surface area contributed by atoms with Crippen molar-refractivity contribution in [3.63, 3.8) is 0 Å². The number of rotatable bonds is 5. The van der Waals surface area contributed by atoms with Gasteiger partial charge < -0.3 is 5.32 Å². The molecule has 1 heterocycles. The monoisotopic (exact) mass is 247 g/mol. The lowest BCUT2D eigenvalue weighted by molar-refractivity contribution is 0.112. The Bertz CT molecular complexity index is 493. The van der Waals surface area contributed by atoms with Crippen molar-refractivity contribution in [1.29, 1.82) is 0 Å². The summed E-state index contributed by atoms with van der Waals surface area (Å²) >= 11 is 1.52. The molecule has 0 unspecified atom stereocenters. The van der Waals surface area contributed by atoms with Gasteiger partial charge in [-0.1, -0.05) is 42.5 Å². The Balaban J connectivity index is 2.15. The van der Waals surface area contributed by atoms with E-state index in [4.69, 9.17) is 0 Å². The minimum atomic E-state index is 0.669. The van der Waals surface area contributed by atoms with E-state index in [2.05, 4.69) is 22.4 Å². The topological polar surface area (TPSA) is 54.9 Å². The summed E-state index contributed by atoms with van der Waals surface area (Å²) in [6, 6.07) is 7.33. The summed E-state index contributed by atoms with van der Waals surface area (Å²) in [5.74, 6) is 0. The Morgan fingerprint density at radius 1 is 1.29 bits per heavy atom. The first-order valence-electron chi connectivity index (χ1n) is 5.46. The van der Waals surface area contributed by atoms with Crippen molar-refractivity contribution in [1.82, 2.24) is 10.2 Å². The first-order chi connectivity index (χ1) is 8.33. The fourth-order valence-electron chi connectivity index (χ4n) is 1.35. The highest BCUT2D eigenvalue weighted by Gasteiger charge is 2.05. The molecule has 0 bridgehead atoms. The number of hydrogen-bond donors (Lipinski definition) is 1. The maximum Gasteiger partial charge on any atom is 0.206 e. The maximum atomic E-state index is 10.5. The molecule has 0 atom stereocenters. The number of nitrogens with one attached hydrogen (secondary N) is 1. The van der Waals surface area contributed by atoms with Crippen LogP contribution in [0.5, 0.6) is 0 Å². The predicted molar refractivity (Wildman–Crippen MR) is 69.5 cm³/mol. The molecule has 5 heteroatoms. The standard InChI is InChI=1S/C12H13N3OS/c1-2-7-13-12-15-14-11(17-12)10-5-3-9(8-16)4-6-10/h3-6,8H,2,7H2,1H3,(H,13,15). The molecule has 0 amide bonds. The molecule has 0 aliphatic rings. The van der Waals surface area contributed by atoms with Crippen molar-refractivity contribution in [2.24, 2.45) is 0 Å². The lowest BCUT2D eigenvalue weighted by atomic mass is 10.2. The van der Waals surface area contributed by atoms with E-state index in [0.717, 1.165) is 35.0 Å². The van der Waals surface area contributed by atoms with Crippen molar-refractivity contribution >= 4 is 22.8 Å². The maximum absolute atomic E-state index is 10.5. The van der Waals surface area contributed by atoms with Crippen molar-refractivity contribution in [2.75, 3.05) is 11.9 Å². The summed E-state index contributed by atoms with van der Waals surface area (Å²) in [5.41, 5.74) is 1.65. The second-order valence-electron chi connectivity index (χ2n) is 3.58. The van der Waals surface area contributed by atoms with Crippen LogP contribution in [0.15, 0.2) is 24.3 Å². The Morgan fingerprint density at radius 2 is 2.06 bits per heavy atom. The van der Waals surface area contributed by atoms with Crippen molar-refractivity contribution in [3.8, 4) is 10.6 Å². The SMILES string of the molecule is CCCNc1nnc(-c2ccc(C=O)cc2)s1. The Hall–Kier alpha value is -1.75. The van der Waals surface area contributed by atoms with Crippen LogP contribution in [0.4, 0.5) is 5.13 Å². The molecule has 2 rings (SSSR count). The number of benzene rings is 1. The largest absolute Gasteiger partial charge is 0.360 e. The molecular weight excluding hydrogens is 234 g/mol. The van der Waals surface area contributed by atoms with Gasteiger partial charge in [0.1, 0.15) is 11.3 Å². The Kier molecular flexibility index (Phi) is 3.82. The Morgan fingerprint density at radius 3 is 2.71 bits per heavy atom. The van der Waals surface area contributed by atoms with Gasteiger partial charge >= 0.3 is 0 Å². The minimum absolute atomic E-state index is 0.669. The molecule has 88 valence electrons. The van der Waals surface area contributed by atoms with E-state index >= 15 is 0 Å². The second kappa shape index (κ2) is 5.54. The molecule has 4 nitrogen and oxygen atoms in total. The number of carbonyl (C=O) groups excluding carboxylic acids is 1. The molecule has 0 aliphatic carbocycles. The lowest BCUT2D eigenvalue weighted by Crippen LogP contribution is -1.98. The van der Waals surface area contributed by atoms with E-state index < -0.39 is 0 Å². The quantitative estimate of drug-likeness (QED) is 0.825. The molecule has 0 saturated heterocycles. The molecular formula is C12H13N3OS. The van der Waals surface area contributed by atoms with E-state index in [1.54, 1.807) is 12.1 Å². The highest BCUT2D eigenvalue weighted by Crippen LogP contribution is 2.26. The second-order valence-corrected chi connectivity index (χ2v) is 4.56. The average molecular weight is 247 g/mol. The summed E-state index contributed by atoms with van der Waals surface area (Å²) in [4.78, 5) is 10.5. The molecule has 1 aromatic carbocycles. The normalized spacial score (nSPS) is 10.2. The van der Waals surface area contributed by atoms with Crippen LogP contribution >= 0.6 is 11.3 Å². The van der Waals surface area contributed by atoms with Crippen LogP contribution in [-0.4, -0.2) is 23.0 Å². The highest BCUT2D eigenvalue weighted by atomic mass is 32.1. The number of hydrogen-bond acceptors (Lipinski definition) is 5. The zero-order valence-corrected chi connectivity index (χ0v) is 10.3. The summed E-state index contributed by atoms with van der Waals surface area (Å²) < 4.78 is 0. The van der Waals surface area contributed by atoms with Gasteiger partial charge in [-0.05, 0) is 6.42 Å². The molecule has 0 aliphatic heterocycles.